The van der Waals surface area contributed by atoms with Gasteiger partial charge in [0, 0.05) is 36.0 Å². The van der Waals surface area contributed by atoms with E-state index in [2.05, 4.69) is 10.7 Å². The number of amides is 4. The third-order valence-electron chi connectivity index (χ3n) is 8.67. The van der Waals surface area contributed by atoms with Gasteiger partial charge >= 0.3 is 18.1 Å². The number of carbonyl (C=O) groups is 4. The van der Waals surface area contributed by atoms with E-state index in [-0.39, 0.29) is 25.9 Å². The number of hydrazine groups is 1. The van der Waals surface area contributed by atoms with Crippen molar-refractivity contribution in [2.24, 2.45) is 0 Å². The molecule has 272 valence electrons. The second-order valence-electron chi connectivity index (χ2n) is 13.7. The minimum atomic E-state index is -1.16. The Morgan fingerprint density at radius 2 is 1.76 bits per heavy atom. The summed E-state index contributed by atoms with van der Waals surface area (Å²) in [4.78, 5) is 59.5. The monoisotopic (exact) mass is 701 g/mol. The van der Waals surface area contributed by atoms with Crippen LogP contribution in [0.2, 0.25) is 0 Å². The van der Waals surface area contributed by atoms with E-state index < -0.39 is 47.8 Å². The predicted octanol–water partition coefficient (Wildman–Crippen LogP) is 6.07. The highest BCUT2D eigenvalue weighted by molar-refractivity contribution is 5.91. The molecule has 1 aromatic heterocycles. The number of carboxylic acids is 1. The van der Waals surface area contributed by atoms with E-state index in [0.717, 1.165) is 24.8 Å². The fraction of sp³-hybridized carbons (Fsp3) is 0.447. The molecule has 3 aromatic rings. The Morgan fingerprint density at radius 3 is 2.49 bits per heavy atom. The molecule has 3 heterocycles. The summed E-state index contributed by atoms with van der Waals surface area (Å²) in [6.45, 7) is 5.33. The fourth-order valence-corrected chi connectivity index (χ4v) is 6.18. The first-order valence-electron chi connectivity index (χ1n) is 17.4. The zero-order chi connectivity index (χ0) is 36.5. The lowest BCUT2D eigenvalue weighted by atomic mass is 10.1. The van der Waals surface area contributed by atoms with Crippen molar-refractivity contribution in [2.45, 2.75) is 89.5 Å². The first kappa shape index (κ1) is 36.9. The number of carbonyl (C=O) groups excluding carboxylic acids is 3. The van der Waals surface area contributed by atoms with Crippen LogP contribution >= 0.6 is 0 Å². The summed E-state index contributed by atoms with van der Waals surface area (Å²) in [6.07, 6.45) is 6.21. The molecule has 3 N–H and O–H groups in total. The van der Waals surface area contributed by atoms with Gasteiger partial charge in [0.05, 0.1) is 24.9 Å². The van der Waals surface area contributed by atoms with Crippen LogP contribution in [-0.2, 0) is 14.3 Å². The zero-order valence-electron chi connectivity index (χ0n) is 29.6. The van der Waals surface area contributed by atoms with Gasteiger partial charge in [0.2, 0.25) is 5.91 Å². The summed E-state index contributed by atoms with van der Waals surface area (Å²) in [5, 5.41) is 14.5. The smallest absolute Gasteiger partial charge is 0.426 e. The van der Waals surface area contributed by atoms with Crippen LogP contribution in [0.25, 0.3) is 22.2 Å². The van der Waals surface area contributed by atoms with Gasteiger partial charge in [-0.3, -0.25) is 4.79 Å². The molecule has 5 rings (SSSR count). The van der Waals surface area contributed by atoms with Crippen LogP contribution in [0.15, 0.2) is 66.7 Å². The number of aliphatic carboxylic acids is 1. The number of urea groups is 1. The van der Waals surface area contributed by atoms with Gasteiger partial charge in [-0.05, 0) is 65.0 Å². The lowest BCUT2D eigenvalue weighted by Crippen LogP contribution is -2.57. The van der Waals surface area contributed by atoms with E-state index in [1.807, 2.05) is 60.7 Å². The van der Waals surface area contributed by atoms with Gasteiger partial charge in [-0.1, -0.05) is 48.9 Å². The third kappa shape index (κ3) is 9.89. The largest absolute Gasteiger partial charge is 0.497 e. The van der Waals surface area contributed by atoms with E-state index in [0.29, 0.717) is 40.9 Å². The lowest BCUT2D eigenvalue weighted by Gasteiger charge is -2.32. The minimum Gasteiger partial charge on any atom is -0.497 e. The predicted molar refractivity (Wildman–Crippen MR) is 191 cm³/mol. The van der Waals surface area contributed by atoms with Gasteiger partial charge in [-0.15, -0.1) is 0 Å². The van der Waals surface area contributed by atoms with Crippen LogP contribution in [0, 0.1) is 0 Å². The number of benzene rings is 2. The number of ether oxygens (including phenoxy) is 3. The summed E-state index contributed by atoms with van der Waals surface area (Å²) < 4.78 is 17.5. The number of nitrogens with one attached hydrogen (secondary N) is 2. The maximum Gasteiger partial charge on any atom is 0.426 e. The molecule has 13 heteroatoms. The van der Waals surface area contributed by atoms with Crippen LogP contribution in [0.3, 0.4) is 0 Å². The van der Waals surface area contributed by atoms with Gasteiger partial charge < -0.3 is 29.5 Å². The number of methoxy groups -OCH3 is 1. The van der Waals surface area contributed by atoms with Crippen LogP contribution in [0.1, 0.15) is 65.7 Å². The Labute approximate surface area is 297 Å². The van der Waals surface area contributed by atoms with E-state index in [1.54, 1.807) is 33.9 Å². The molecule has 51 heavy (non-hydrogen) atoms. The first-order chi connectivity index (χ1) is 24.4. The Bertz CT molecular complexity index is 1740. The molecule has 3 atom stereocenters. The minimum absolute atomic E-state index is 0.00939. The molecule has 0 radical (unpaired) electrons. The van der Waals surface area contributed by atoms with Crippen LogP contribution in [-0.4, -0.2) is 88.0 Å². The molecule has 2 aromatic carbocycles. The molecule has 1 fully saturated rings. The standard InChI is InChI=1S/C38H47N5O8/c1-38(2,3)51-36(47)41-43-20-14-9-7-5-6-8-13-17-29(35(45)46)40-34(44)32-22-27(24-42(32)37(43)48)50-33-23-30(25-15-11-10-12-16-25)39-31-21-26(49-4)18-19-28(31)33/h6,8,10-12,15-16,18-19,21,23,27,29,32H,5,7,9,13-14,17,20,22,24H2,1-4H3,(H,40,44)(H,41,47)(H,45,46). The molecule has 0 aliphatic carbocycles. The Balaban J connectivity index is 1.49. The number of pyridine rings is 1. The van der Waals surface area contributed by atoms with Crippen molar-refractivity contribution in [2.75, 3.05) is 20.2 Å². The maximum atomic E-state index is 14.3. The van der Waals surface area contributed by atoms with Gasteiger partial charge in [-0.2, -0.15) is 0 Å². The van der Waals surface area contributed by atoms with Gasteiger partial charge in [0.25, 0.3) is 0 Å². The second kappa shape index (κ2) is 16.6. The highest BCUT2D eigenvalue weighted by atomic mass is 16.6. The summed E-state index contributed by atoms with van der Waals surface area (Å²) in [5.41, 5.74) is 3.94. The number of hydrogen-bond acceptors (Lipinski definition) is 8. The number of rotatable bonds is 6. The summed E-state index contributed by atoms with van der Waals surface area (Å²) in [5.74, 6) is -0.666. The SMILES string of the molecule is COc1ccc2c(OC3CC4C(=O)NC(C(=O)O)CCC=CCCCCCN(NC(=O)OC(C)(C)C)C(=O)N4C3)cc(-c3ccccc3)nc2c1. The van der Waals surface area contributed by atoms with Crippen LogP contribution in [0.5, 0.6) is 11.5 Å². The van der Waals surface area contributed by atoms with Crippen molar-refractivity contribution >= 4 is 34.9 Å². The molecule has 13 nitrogen and oxygen atoms in total. The summed E-state index contributed by atoms with van der Waals surface area (Å²) >= 11 is 0. The molecule has 2 aliphatic rings. The molecular weight excluding hydrogens is 654 g/mol. The molecule has 1 saturated heterocycles. The van der Waals surface area contributed by atoms with E-state index >= 15 is 0 Å². The third-order valence-corrected chi connectivity index (χ3v) is 8.67. The molecule has 0 bridgehead atoms. The van der Waals surface area contributed by atoms with E-state index in [9.17, 15) is 24.3 Å². The molecule has 4 amide bonds. The highest BCUT2D eigenvalue weighted by Crippen LogP contribution is 2.35. The Hall–Kier alpha value is -5.33. The number of nitrogens with zero attached hydrogens (tertiary/aromatic N) is 3. The molecule has 3 unspecified atom stereocenters. The van der Waals surface area contributed by atoms with E-state index in [1.165, 1.54) is 9.91 Å². The number of fused-ring (bicyclic) bond motifs is 2. The first-order valence-corrected chi connectivity index (χ1v) is 17.4. The van der Waals surface area contributed by atoms with Gasteiger partial charge in [-0.25, -0.2) is 29.8 Å². The highest BCUT2D eigenvalue weighted by Gasteiger charge is 2.44. The number of allylic oxidation sites excluding steroid dienone is 2. The van der Waals surface area contributed by atoms with Crippen LogP contribution < -0.4 is 20.2 Å². The topological polar surface area (TPSA) is 160 Å². The van der Waals surface area contributed by atoms with Crippen molar-refractivity contribution in [1.82, 2.24) is 25.6 Å². The second-order valence-corrected chi connectivity index (χ2v) is 13.7. The quantitative estimate of drug-likeness (QED) is 0.259. The van der Waals surface area contributed by atoms with Gasteiger partial charge in [0.15, 0.2) is 0 Å². The van der Waals surface area contributed by atoms with E-state index in [4.69, 9.17) is 19.2 Å². The molecule has 0 saturated carbocycles. The normalized spacial score (nSPS) is 20.7. The summed E-state index contributed by atoms with van der Waals surface area (Å²) in [7, 11) is 1.58. The van der Waals surface area contributed by atoms with Crippen molar-refractivity contribution < 1.29 is 38.5 Å². The molecular formula is C38H47N5O8. The zero-order valence-corrected chi connectivity index (χ0v) is 29.6. The number of hydrogen-bond donors (Lipinski definition) is 3. The lowest BCUT2D eigenvalue weighted by molar-refractivity contribution is -0.142. The molecule has 0 spiro atoms. The Kier molecular flexibility index (Phi) is 12.0. The van der Waals surface area contributed by atoms with Crippen molar-refractivity contribution in [3.63, 3.8) is 0 Å². The van der Waals surface area contributed by atoms with Crippen LogP contribution in [0.4, 0.5) is 9.59 Å². The van der Waals surface area contributed by atoms with Crippen molar-refractivity contribution in [3.8, 4) is 22.8 Å². The number of aromatic nitrogens is 1. The van der Waals surface area contributed by atoms with Crippen molar-refractivity contribution in [3.05, 3.63) is 66.7 Å². The maximum absolute atomic E-state index is 14.3. The average molecular weight is 702 g/mol. The summed E-state index contributed by atoms with van der Waals surface area (Å²) in [6, 6.07) is 14.1. The molecule has 2 aliphatic heterocycles. The number of carboxylic acid groups (broad SMARTS) is 1. The average Bonchev–Trinajstić information content (AvgIpc) is 3.52. The van der Waals surface area contributed by atoms with Crippen molar-refractivity contribution in [1.29, 1.82) is 0 Å². The Morgan fingerprint density at radius 1 is 1.00 bits per heavy atom. The fourth-order valence-electron chi connectivity index (χ4n) is 6.18. The van der Waals surface area contributed by atoms with Gasteiger partial charge in [0.1, 0.15) is 35.3 Å².